The SMILES string of the molecule is C=C(C)C(=O)OCC(=O)OC(C)(C1CCCCC1)C1CCCCC1. The summed E-state index contributed by atoms with van der Waals surface area (Å²) < 4.78 is 11.0. The molecule has 136 valence electrons. The topological polar surface area (TPSA) is 52.6 Å². The molecule has 2 aliphatic carbocycles. The van der Waals surface area contributed by atoms with Gasteiger partial charge in [-0.05, 0) is 51.4 Å². The van der Waals surface area contributed by atoms with Gasteiger partial charge in [0.1, 0.15) is 5.60 Å². The summed E-state index contributed by atoms with van der Waals surface area (Å²) in [5, 5.41) is 0. The fourth-order valence-corrected chi connectivity index (χ4v) is 4.37. The zero-order valence-corrected chi connectivity index (χ0v) is 15.3. The summed E-state index contributed by atoms with van der Waals surface area (Å²) in [6.07, 6.45) is 12.0. The number of rotatable bonds is 6. The van der Waals surface area contributed by atoms with Crippen molar-refractivity contribution in [3.8, 4) is 0 Å². The van der Waals surface area contributed by atoms with Crippen molar-refractivity contribution in [3.63, 3.8) is 0 Å². The van der Waals surface area contributed by atoms with E-state index in [-0.39, 0.29) is 6.61 Å². The molecular formula is C20H32O4. The quantitative estimate of drug-likeness (QED) is 0.527. The highest BCUT2D eigenvalue weighted by Crippen LogP contribution is 2.45. The van der Waals surface area contributed by atoms with Gasteiger partial charge < -0.3 is 9.47 Å². The van der Waals surface area contributed by atoms with Crippen LogP contribution in [0.5, 0.6) is 0 Å². The van der Waals surface area contributed by atoms with Gasteiger partial charge >= 0.3 is 11.9 Å². The molecule has 2 saturated carbocycles. The molecule has 0 bridgehead atoms. The number of carbonyl (C=O) groups is 2. The Morgan fingerprint density at radius 3 is 1.83 bits per heavy atom. The Kier molecular flexibility index (Phi) is 6.88. The van der Waals surface area contributed by atoms with Gasteiger partial charge in [0.15, 0.2) is 6.61 Å². The van der Waals surface area contributed by atoms with Crippen molar-refractivity contribution in [1.29, 1.82) is 0 Å². The van der Waals surface area contributed by atoms with Crippen LogP contribution in [0.25, 0.3) is 0 Å². The van der Waals surface area contributed by atoms with Crippen LogP contribution in [0.1, 0.15) is 78.1 Å². The van der Waals surface area contributed by atoms with E-state index in [4.69, 9.17) is 9.47 Å². The van der Waals surface area contributed by atoms with Crippen LogP contribution < -0.4 is 0 Å². The van der Waals surface area contributed by atoms with Crippen LogP contribution in [0, 0.1) is 11.8 Å². The predicted octanol–water partition coefficient (Wildman–Crippen LogP) is 4.57. The Hall–Kier alpha value is -1.32. The third-order valence-corrected chi connectivity index (χ3v) is 5.83. The van der Waals surface area contributed by atoms with E-state index in [0.717, 1.165) is 25.7 Å². The molecule has 0 spiro atoms. The standard InChI is InChI=1S/C20H32O4/c1-15(2)19(22)23-14-18(21)24-20(3,16-10-6-4-7-11-16)17-12-8-5-9-13-17/h16-17H,1,4-14H2,2-3H3. The number of hydrogen-bond donors (Lipinski definition) is 0. The van der Waals surface area contributed by atoms with E-state index in [1.807, 2.05) is 0 Å². The van der Waals surface area contributed by atoms with E-state index < -0.39 is 17.5 Å². The molecule has 0 aliphatic heterocycles. The lowest BCUT2D eigenvalue weighted by Gasteiger charge is -2.46. The zero-order valence-electron chi connectivity index (χ0n) is 15.3. The molecule has 0 aromatic carbocycles. The van der Waals surface area contributed by atoms with E-state index in [0.29, 0.717) is 17.4 Å². The Balaban J connectivity index is 2.02. The van der Waals surface area contributed by atoms with Crippen molar-refractivity contribution >= 4 is 11.9 Å². The average molecular weight is 336 g/mol. The summed E-state index contributed by atoms with van der Waals surface area (Å²) in [6.45, 7) is 6.90. The highest BCUT2D eigenvalue weighted by atomic mass is 16.6. The molecule has 2 fully saturated rings. The number of carbonyl (C=O) groups excluding carboxylic acids is 2. The lowest BCUT2D eigenvalue weighted by atomic mass is 9.67. The molecule has 0 unspecified atom stereocenters. The Bertz CT molecular complexity index is 438. The van der Waals surface area contributed by atoms with Crippen molar-refractivity contribution < 1.29 is 19.1 Å². The second-order valence-electron chi connectivity index (χ2n) is 7.68. The van der Waals surface area contributed by atoms with Gasteiger partial charge in [0.05, 0.1) is 0 Å². The first-order valence-electron chi connectivity index (χ1n) is 9.48. The smallest absolute Gasteiger partial charge is 0.344 e. The maximum atomic E-state index is 12.3. The summed E-state index contributed by atoms with van der Waals surface area (Å²) in [5.41, 5.74) is -0.127. The number of hydrogen-bond acceptors (Lipinski definition) is 4. The van der Waals surface area contributed by atoms with Gasteiger partial charge in [0.2, 0.25) is 0 Å². The van der Waals surface area contributed by atoms with Gasteiger partial charge in [-0.25, -0.2) is 9.59 Å². The van der Waals surface area contributed by atoms with Crippen LogP contribution in [0.15, 0.2) is 12.2 Å². The molecule has 0 heterocycles. The molecule has 24 heavy (non-hydrogen) atoms. The molecule has 4 heteroatoms. The first kappa shape index (κ1) is 19.0. The monoisotopic (exact) mass is 336 g/mol. The van der Waals surface area contributed by atoms with Crippen molar-refractivity contribution in [2.24, 2.45) is 11.8 Å². The normalized spacial score (nSPS) is 20.4. The van der Waals surface area contributed by atoms with Gasteiger partial charge in [0.25, 0.3) is 0 Å². The minimum Gasteiger partial charge on any atom is -0.456 e. The van der Waals surface area contributed by atoms with E-state index in [1.54, 1.807) is 6.92 Å². The minimum atomic E-state index is -0.538. The van der Waals surface area contributed by atoms with Crippen LogP contribution in [0.3, 0.4) is 0 Å². The molecule has 0 amide bonds. The van der Waals surface area contributed by atoms with Gasteiger partial charge in [0, 0.05) is 5.57 Å². The minimum absolute atomic E-state index is 0.296. The molecule has 0 atom stereocenters. The first-order chi connectivity index (χ1) is 11.4. The lowest BCUT2D eigenvalue weighted by Crippen LogP contribution is -2.48. The molecular weight excluding hydrogens is 304 g/mol. The van der Waals surface area contributed by atoms with Gasteiger partial charge in [-0.1, -0.05) is 45.1 Å². The highest BCUT2D eigenvalue weighted by molar-refractivity contribution is 5.88. The predicted molar refractivity (Wildman–Crippen MR) is 93.4 cm³/mol. The molecule has 4 nitrogen and oxygen atoms in total. The third-order valence-electron chi connectivity index (χ3n) is 5.83. The Labute approximate surface area is 146 Å². The van der Waals surface area contributed by atoms with Crippen LogP contribution in [-0.2, 0) is 19.1 Å². The maximum absolute atomic E-state index is 12.3. The van der Waals surface area contributed by atoms with Crippen molar-refractivity contribution in [3.05, 3.63) is 12.2 Å². The number of ether oxygens (including phenoxy) is 2. The van der Waals surface area contributed by atoms with Crippen LogP contribution >= 0.6 is 0 Å². The van der Waals surface area contributed by atoms with Crippen LogP contribution in [0.2, 0.25) is 0 Å². The van der Waals surface area contributed by atoms with Gasteiger partial charge in [-0.15, -0.1) is 0 Å². The molecule has 0 aromatic heterocycles. The zero-order chi connectivity index (χ0) is 17.6. The summed E-state index contributed by atoms with van der Waals surface area (Å²) >= 11 is 0. The van der Waals surface area contributed by atoms with Crippen LogP contribution in [0.4, 0.5) is 0 Å². The summed E-state index contributed by atoms with van der Waals surface area (Å²) in [4.78, 5) is 23.8. The second-order valence-corrected chi connectivity index (χ2v) is 7.68. The average Bonchev–Trinajstić information content (AvgIpc) is 2.61. The summed E-state index contributed by atoms with van der Waals surface area (Å²) in [7, 11) is 0. The fourth-order valence-electron chi connectivity index (χ4n) is 4.37. The van der Waals surface area contributed by atoms with E-state index in [9.17, 15) is 9.59 Å². The molecule has 0 aromatic rings. The third kappa shape index (κ3) is 4.84. The molecule has 0 N–H and O–H groups in total. The van der Waals surface area contributed by atoms with E-state index in [1.165, 1.54) is 38.5 Å². The molecule has 2 rings (SSSR count). The van der Waals surface area contributed by atoms with Crippen molar-refractivity contribution in [1.82, 2.24) is 0 Å². The first-order valence-corrected chi connectivity index (χ1v) is 9.48. The van der Waals surface area contributed by atoms with Gasteiger partial charge in [-0.3, -0.25) is 0 Å². The molecule has 2 aliphatic rings. The van der Waals surface area contributed by atoms with Crippen LogP contribution in [-0.4, -0.2) is 24.1 Å². The van der Waals surface area contributed by atoms with E-state index >= 15 is 0 Å². The second kappa shape index (κ2) is 8.68. The lowest BCUT2D eigenvalue weighted by molar-refractivity contribution is -0.183. The number of esters is 2. The highest BCUT2D eigenvalue weighted by Gasteiger charge is 2.45. The molecule has 0 radical (unpaired) electrons. The molecule has 0 saturated heterocycles. The summed E-state index contributed by atoms with van der Waals surface area (Å²) in [6, 6.07) is 0. The van der Waals surface area contributed by atoms with Crippen molar-refractivity contribution in [2.75, 3.05) is 6.61 Å². The maximum Gasteiger partial charge on any atom is 0.344 e. The summed E-state index contributed by atoms with van der Waals surface area (Å²) in [5.74, 6) is -0.113. The van der Waals surface area contributed by atoms with E-state index in [2.05, 4.69) is 13.5 Å². The Morgan fingerprint density at radius 1 is 0.958 bits per heavy atom. The van der Waals surface area contributed by atoms with Crippen molar-refractivity contribution in [2.45, 2.75) is 83.7 Å². The largest absolute Gasteiger partial charge is 0.456 e. The van der Waals surface area contributed by atoms with Gasteiger partial charge in [-0.2, -0.15) is 0 Å². The fraction of sp³-hybridized carbons (Fsp3) is 0.800. The Morgan fingerprint density at radius 2 is 1.42 bits per heavy atom.